The maximum atomic E-state index is 12.2. The number of H-pyrrole nitrogens is 1. The van der Waals surface area contributed by atoms with Gasteiger partial charge in [-0.25, -0.2) is 4.98 Å². The summed E-state index contributed by atoms with van der Waals surface area (Å²) in [4.78, 5) is 34.8. The Balaban J connectivity index is 2.03. The van der Waals surface area contributed by atoms with Gasteiger partial charge in [0.05, 0.1) is 12.9 Å². The molecule has 2 unspecified atom stereocenters. The van der Waals surface area contributed by atoms with Gasteiger partial charge in [0, 0.05) is 13.0 Å². The Morgan fingerprint density at radius 1 is 1.54 bits per heavy atom. The van der Waals surface area contributed by atoms with E-state index in [0.29, 0.717) is 0 Å². The van der Waals surface area contributed by atoms with Crippen LogP contribution in [-0.4, -0.2) is 67.7 Å². The third kappa shape index (κ3) is 3.09. The summed E-state index contributed by atoms with van der Waals surface area (Å²) < 4.78 is 12.3. The molecule has 1 fully saturated rings. The van der Waals surface area contributed by atoms with Gasteiger partial charge in [-0.1, -0.05) is 13.8 Å². The van der Waals surface area contributed by atoms with Crippen molar-refractivity contribution in [3.05, 3.63) is 16.7 Å². The number of nitrogens with one attached hydrogen (secondary N) is 2. The topological polar surface area (TPSA) is 152 Å². The monoisotopic (exact) mass is 367 g/mol. The number of nitrogens with zero attached hydrogens (tertiary/aromatic N) is 3. The van der Waals surface area contributed by atoms with Crippen LogP contribution in [0.1, 0.15) is 20.1 Å². The predicted octanol–water partition coefficient (Wildman–Crippen LogP) is -1.02. The summed E-state index contributed by atoms with van der Waals surface area (Å²) in [6.45, 7) is 3.03. The Bertz CT molecular complexity index is 862. The van der Waals surface area contributed by atoms with Crippen LogP contribution in [0, 0.1) is 5.92 Å². The van der Waals surface area contributed by atoms with Crippen LogP contribution < -0.4 is 10.9 Å². The average Bonchev–Trinajstić information content (AvgIpc) is 3.15. The number of carbonyl (C=O) groups excluding carboxylic acids is 1. The molecule has 1 saturated heterocycles. The summed E-state index contributed by atoms with van der Waals surface area (Å²) in [5, 5.41) is 22.1. The molecule has 26 heavy (non-hydrogen) atoms. The highest BCUT2D eigenvalue weighted by atomic mass is 16.6. The Labute approximate surface area is 148 Å². The molecule has 2 aromatic heterocycles. The highest BCUT2D eigenvalue weighted by Gasteiger charge is 2.45. The van der Waals surface area contributed by atoms with Gasteiger partial charge < -0.3 is 19.7 Å². The Hall–Kier alpha value is -2.34. The fourth-order valence-electron chi connectivity index (χ4n) is 2.78. The van der Waals surface area contributed by atoms with E-state index in [4.69, 9.17) is 9.47 Å². The van der Waals surface area contributed by atoms with E-state index < -0.39 is 36.7 Å². The highest BCUT2D eigenvalue weighted by Crippen LogP contribution is 2.32. The van der Waals surface area contributed by atoms with E-state index in [2.05, 4.69) is 20.3 Å². The number of aromatic nitrogens is 4. The Kier molecular flexibility index (Phi) is 5.05. The number of aliphatic hydroxyl groups is 2. The van der Waals surface area contributed by atoms with E-state index in [1.54, 1.807) is 13.8 Å². The van der Waals surface area contributed by atoms with Gasteiger partial charge in [-0.05, 0) is 0 Å². The quantitative estimate of drug-likeness (QED) is 0.524. The zero-order valence-corrected chi connectivity index (χ0v) is 14.5. The van der Waals surface area contributed by atoms with Crippen molar-refractivity contribution in [2.24, 2.45) is 5.92 Å². The second-order valence-corrected chi connectivity index (χ2v) is 6.32. The van der Waals surface area contributed by atoms with Crippen LogP contribution in [0.5, 0.6) is 0 Å². The number of amides is 1. The predicted molar refractivity (Wildman–Crippen MR) is 89.4 cm³/mol. The first-order valence-electron chi connectivity index (χ1n) is 8.12. The molecule has 0 aromatic carbocycles. The largest absolute Gasteiger partial charge is 0.394 e. The molecule has 1 aliphatic rings. The summed E-state index contributed by atoms with van der Waals surface area (Å²) in [6.07, 6.45) is -2.21. The molecule has 0 spiro atoms. The molecule has 11 heteroatoms. The number of methoxy groups -OCH3 is 1. The minimum atomic E-state index is -1.06. The summed E-state index contributed by atoms with van der Waals surface area (Å²) in [5.41, 5.74) is -0.322. The number of hydrogen-bond donors (Lipinski definition) is 4. The van der Waals surface area contributed by atoms with Gasteiger partial charge in [0.2, 0.25) is 11.9 Å². The van der Waals surface area contributed by atoms with Crippen LogP contribution in [0.2, 0.25) is 0 Å². The minimum absolute atomic E-state index is 0.0193. The zero-order valence-electron chi connectivity index (χ0n) is 14.5. The average molecular weight is 367 g/mol. The second kappa shape index (κ2) is 7.11. The fraction of sp³-hybridized carbons (Fsp3) is 0.600. The molecule has 4 atom stereocenters. The van der Waals surface area contributed by atoms with Crippen LogP contribution in [0.3, 0.4) is 0 Å². The van der Waals surface area contributed by atoms with E-state index in [1.807, 2.05) is 0 Å². The number of carbonyl (C=O) groups is 1. The van der Waals surface area contributed by atoms with Crippen LogP contribution in [-0.2, 0) is 14.3 Å². The van der Waals surface area contributed by atoms with Gasteiger partial charge >= 0.3 is 0 Å². The van der Waals surface area contributed by atoms with Gasteiger partial charge in [0.25, 0.3) is 5.56 Å². The smallest absolute Gasteiger partial charge is 0.280 e. The molecule has 142 valence electrons. The maximum absolute atomic E-state index is 12.2. The molecule has 4 N–H and O–H groups in total. The third-order valence-electron chi connectivity index (χ3n) is 4.24. The first kappa shape index (κ1) is 18.5. The molecule has 1 aliphatic heterocycles. The van der Waals surface area contributed by atoms with Gasteiger partial charge in [-0.2, -0.15) is 4.98 Å². The lowest BCUT2D eigenvalue weighted by molar-refractivity contribution is -0.118. The van der Waals surface area contributed by atoms with Crippen molar-refractivity contribution < 1.29 is 24.5 Å². The molecule has 0 saturated carbocycles. The van der Waals surface area contributed by atoms with Crippen molar-refractivity contribution in [1.82, 2.24) is 19.5 Å². The number of ether oxygens (including phenoxy) is 2. The van der Waals surface area contributed by atoms with Crippen LogP contribution in [0.15, 0.2) is 11.1 Å². The lowest BCUT2D eigenvalue weighted by Gasteiger charge is -2.20. The van der Waals surface area contributed by atoms with Gasteiger partial charge in [-0.15, -0.1) is 0 Å². The number of imidazole rings is 1. The first-order valence-corrected chi connectivity index (χ1v) is 8.12. The van der Waals surface area contributed by atoms with Crippen molar-refractivity contribution in [2.45, 2.75) is 38.4 Å². The number of hydrogen-bond acceptors (Lipinski definition) is 8. The zero-order chi connectivity index (χ0) is 19.0. The molecule has 1 amide bonds. The van der Waals surface area contributed by atoms with E-state index in [9.17, 15) is 19.8 Å². The lowest BCUT2D eigenvalue weighted by atomic mass is 10.1. The molecule has 3 heterocycles. The number of rotatable bonds is 5. The first-order chi connectivity index (χ1) is 12.4. The summed E-state index contributed by atoms with van der Waals surface area (Å²) in [5.74, 6) is -0.618. The van der Waals surface area contributed by atoms with Crippen molar-refractivity contribution in [1.29, 1.82) is 0 Å². The SMILES string of the molecule is COC1C(O)[C@@H](CO)O[C@H]1n1cnc2c(=O)[nH]c(NC(=O)C(C)C)nc21. The molecular weight excluding hydrogens is 346 g/mol. The van der Waals surface area contributed by atoms with Crippen molar-refractivity contribution in [3.8, 4) is 0 Å². The number of anilines is 1. The summed E-state index contributed by atoms with van der Waals surface area (Å²) in [7, 11) is 1.40. The highest BCUT2D eigenvalue weighted by molar-refractivity contribution is 5.91. The van der Waals surface area contributed by atoms with Crippen molar-refractivity contribution in [2.75, 3.05) is 19.0 Å². The molecule has 0 bridgehead atoms. The molecule has 3 rings (SSSR count). The van der Waals surface area contributed by atoms with E-state index in [0.717, 1.165) is 0 Å². The standard InChI is InChI=1S/C15H21N5O6/c1-6(2)12(23)18-15-17-11-8(13(24)19-15)16-5-20(11)14-10(25-3)9(22)7(4-21)26-14/h5-7,9-10,14,21-22H,4H2,1-3H3,(H2,17,18,19,23,24)/t7-,9?,10?,14-/m1/s1. The maximum Gasteiger partial charge on any atom is 0.280 e. The van der Waals surface area contributed by atoms with Gasteiger partial charge in [0.15, 0.2) is 17.4 Å². The normalized spacial score (nSPS) is 25.9. The molecular formula is C15H21N5O6. The van der Waals surface area contributed by atoms with Crippen molar-refractivity contribution >= 4 is 23.0 Å². The lowest BCUT2D eigenvalue weighted by Crippen LogP contribution is -2.34. The van der Waals surface area contributed by atoms with Crippen LogP contribution in [0.25, 0.3) is 11.2 Å². The minimum Gasteiger partial charge on any atom is -0.394 e. The number of aromatic amines is 1. The number of fused-ring (bicyclic) bond motifs is 1. The summed E-state index contributed by atoms with van der Waals surface area (Å²) in [6, 6.07) is 0. The third-order valence-corrected chi connectivity index (χ3v) is 4.24. The Morgan fingerprint density at radius 3 is 2.88 bits per heavy atom. The van der Waals surface area contributed by atoms with E-state index >= 15 is 0 Å². The number of aliphatic hydroxyl groups excluding tert-OH is 2. The molecule has 0 radical (unpaired) electrons. The van der Waals surface area contributed by atoms with Crippen molar-refractivity contribution in [3.63, 3.8) is 0 Å². The molecule has 2 aromatic rings. The second-order valence-electron chi connectivity index (χ2n) is 6.32. The summed E-state index contributed by atoms with van der Waals surface area (Å²) >= 11 is 0. The van der Waals surface area contributed by atoms with E-state index in [-0.39, 0.29) is 28.9 Å². The Morgan fingerprint density at radius 2 is 2.27 bits per heavy atom. The molecule has 11 nitrogen and oxygen atoms in total. The van der Waals surface area contributed by atoms with Gasteiger partial charge in [0.1, 0.15) is 18.3 Å². The van der Waals surface area contributed by atoms with Crippen LogP contribution in [0.4, 0.5) is 5.95 Å². The van der Waals surface area contributed by atoms with Crippen LogP contribution >= 0.6 is 0 Å². The van der Waals surface area contributed by atoms with E-state index in [1.165, 1.54) is 18.0 Å². The fourth-order valence-corrected chi connectivity index (χ4v) is 2.78. The van der Waals surface area contributed by atoms with Gasteiger partial charge in [-0.3, -0.25) is 24.5 Å². The molecule has 0 aliphatic carbocycles.